The fourth-order valence-electron chi connectivity index (χ4n) is 4.27. The minimum absolute atomic E-state index is 0.0207. The summed E-state index contributed by atoms with van der Waals surface area (Å²) in [5.41, 5.74) is 2.54. The van der Waals surface area contributed by atoms with Gasteiger partial charge in [0.05, 0.1) is 18.9 Å². The minimum Gasteiger partial charge on any atom is -0.494 e. The molecule has 0 saturated carbocycles. The van der Waals surface area contributed by atoms with Gasteiger partial charge in [0.25, 0.3) is 11.8 Å². The van der Waals surface area contributed by atoms with Gasteiger partial charge in [0, 0.05) is 36.0 Å². The molecule has 8 nitrogen and oxygen atoms in total. The number of ether oxygens (including phenoxy) is 2. The summed E-state index contributed by atoms with van der Waals surface area (Å²) in [5.74, 6) is -1.60. The van der Waals surface area contributed by atoms with Crippen LogP contribution in [0.1, 0.15) is 32.8 Å². The number of aromatic nitrogens is 2. The predicted octanol–water partition coefficient (Wildman–Crippen LogP) is 5.09. The molecule has 0 unspecified atom stereocenters. The smallest absolute Gasteiger partial charge is 0.271 e. The van der Waals surface area contributed by atoms with Gasteiger partial charge in [-0.2, -0.15) is 10.4 Å². The second-order valence-electron chi connectivity index (χ2n) is 9.27. The Bertz CT molecular complexity index is 1500. The third kappa shape index (κ3) is 5.81. The number of halogens is 1. The lowest BCUT2D eigenvalue weighted by Gasteiger charge is -2.27. The first-order valence-electron chi connectivity index (χ1n) is 12.5. The van der Waals surface area contributed by atoms with E-state index in [0.717, 1.165) is 10.6 Å². The summed E-state index contributed by atoms with van der Waals surface area (Å²) in [5, 5.41) is 14.4. The van der Waals surface area contributed by atoms with Crippen LogP contribution in [0.15, 0.2) is 71.4 Å². The quantitative estimate of drug-likeness (QED) is 0.218. The van der Waals surface area contributed by atoms with Gasteiger partial charge in [0.15, 0.2) is 11.6 Å². The molecule has 0 fully saturated rings. The highest BCUT2D eigenvalue weighted by atomic mass is 19.1. The highest BCUT2D eigenvalue weighted by Gasteiger charge is 2.35. The minimum atomic E-state index is -0.626. The standard InChI is InChI=1S/C30H29FN4O4/c1-19(2)39-14-8-13-34-29(36)24(20(3)25(17-32)30(34)37)15-22-18-35(23-9-6-5-7-10-23)33-28(22)21-11-12-27(38-4)26(31)16-21/h5-7,9-12,15-16,18-19H,8,13-14H2,1-4H3/b24-15+. The van der Waals surface area contributed by atoms with Crippen molar-refractivity contribution in [2.24, 2.45) is 0 Å². The molecule has 4 rings (SSSR count). The van der Waals surface area contributed by atoms with Gasteiger partial charge in [0.2, 0.25) is 0 Å². The molecule has 2 heterocycles. The van der Waals surface area contributed by atoms with Crippen molar-refractivity contribution < 1.29 is 23.5 Å². The highest BCUT2D eigenvalue weighted by Crippen LogP contribution is 2.32. The molecule has 0 bridgehead atoms. The zero-order valence-electron chi connectivity index (χ0n) is 22.3. The summed E-state index contributed by atoms with van der Waals surface area (Å²) in [7, 11) is 1.39. The number of para-hydroxylation sites is 1. The van der Waals surface area contributed by atoms with E-state index >= 15 is 0 Å². The lowest BCUT2D eigenvalue weighted by atomic mass is 9.93. The molecule has 0 saturated heterocycles. The number of hydrogen-bond acceptors (Lipinski definition) is 6. The molecular weight excluding hydrogens is 499 g/mol. The van der Waals surface area contributed by atoms with Crippen molar-refractivity contribution in [3.63, 3.8) is 0 Å². The molecule has 1 aliphatic heterocycles. The van der Waals surface area contributed by atoms with Gasteiger partial charge >= 0.3 is 0 Å². The summed E-state index contributed by atoms with van der Waals surface area (Å²) in [4.78, 5) is 27.6. The van der Waals surface area contributed by atoms with E-state index in [1.54, 1.807) is 29.9 Å². The van der Waals surface area contributed by atoms with E-state index in [1.807, 2.05) is 50.2 Å². The van der Waals surface area contributed by atoms with Crippen molar-refractivity contribution in [3.8, 4) is 28.8 Å². The number of amides is 2. The second kappa shape index (κ2) is 11.9. The summed E-state index contributed by atoms with van der Waals surface area (Å²) in [6.45, 7) is 5.86. The third-order valence-corrected chi connectivity index (χ3v) is 6.29. The summed E-state index contributed by atoms with van der Waals surface area (Å²) < 4.78 is 26.9. The maximum absolute atomic E-state index is 14.6. The average molecular weight is 529 g/mol. The fraction of sp³-hybridized carbons (Fsp3) is 0.267. The van der Waals surface area contributed by atoms with E-state index < -0.39 is 17.6 Å². The summed E-state index contributed by atoms with van der Waals surface area (Å²) in [6.07, 6.45) is 3.78. The zero-order chi connectivity index (χ0) is 28.1. The SMILES string of the molecule is COc1ccc(-c2nn(-c3ccccc3)cc2/C=C2/C(=O)N(CCCOC(C)C)C(=O)C(C#N)=C2C)cc1F. The Morgan fingerprint density at radius 3 is 2.51 bits per heavy atom. The van der Waals surface area contributed by atoms with Crippen LogP contribution in [-0.4, -0.2) is 52.9 Å². The first-order valence-corrected chi connectivity index (χ1v) is 12.5. The Morgan fingerprint density at radius 1 is 1.13 bits per heavy atom. The van der Waals surface area contributed by atoms with Gasteiger partial charge in [-0.05, 0) is 69.2 Å². The van der Waals surface area contributed by atoms with Crippen molar-refractivity contribution in [3.05, 3.63) is 82.8 Å². The molecule has 9 heteroatoms. The first kappa shape index (κ1) is 27.5. The number of nitrogens with zero attached hydrogens (tertiary/aromatic N) is 4. The van der Waals surface area contributed by atoms with Crippen molar-refractivity contribution >= 4 is 17.9 Å². The fourth-order valence-corrected chi connectivity index (χ4v) is 4.27. The Kier molecular flexibility index (Phi) is 8.37. The topological polar surface area (TPSA) is 97.4 Å². The van der Waals surface area contributed by atoms with Gasteiger partial charge in [-0.25, -0.2) is 9.07 Å². The van der Waals surface area contributed by atoms with Gasteiger partial charge in [0.1, 0.15) is 17.3 Å². The molecule has 0 aliphatic carbocycles. The summed E-state index contributed by atoms with van der Waals surface area (Å²) >= 11 is 0. The number of rotatable bonds is 9. The molecule has 200 valence electrons. The number of carbonyl (C=O) groups excluding carboxylic acids is 2. The molecule has 2 aromatic carbocycles. The maximum atomic E-state index is 14.6. The van der Waals surface area contributed by atoms with Crippen LogP contribution in [-0.2, 0) is 14.3 Å². The van der Waals surface area contributed by atoms with Crippen LogP contribution >= 0.6 is 0 Å². The number of carbonyl (C=O) groups is 2. The van der Waals surface area contributed by atoms with Gasteiger partial charge < -0.3 is 9.47 Å². The largest absolute Gasteiger partial charge is 0.494 e. The van der Waals surface area contributed by atoms with Gasteiger partial charge in [-0.3, -0.25) is 14.5 Å². The van der Waals surface area contributed by atoms with Crippen LogP contribution in [0.5, 0.6) is 5.75 Å². The Morgan fingerprint density at radius 2 is 1.87 bits per heavy atom. The van der Waals surface area contributed by atoms with E-state index in [4.69, 9.17) is 9.47 Å². The van der Waals surface area contributed by atoms with Gasteiger partial charge in [-0.15, -0.1) is 0 Å². The molecule has 0 spiro atoms. The lowest BCUT2D eigenvalue weighted by Crippen LogP contribution is -2.43. The molecule has 0 N–H and O–H groups in total. The van der Waals surface area contributed by atoms with Crippen molar-refractivity contribution in [1.82, 2.24) is 14.7 Å². The van der Waals surface area contributed by atoms with Crippen molar-refractivity contribution in [2.75, 3.05) is 20.3 Å². The number of imide groups is 1. The third-order valence-electron chi connectivity index (χ3n) is 6.29. The van der Waals surface area contributed by atoms with E-state index in [2.05, 4.69) is 5.10 Å². The number of nitriles is 1. The first-order chi connectivity index (χ1) is 18.7. The molecular formula is C30H29FN4O4. The Labute approximate surface area is 226 Å². The molecule has 1 aliphatic rings. The zero-order valence-corrected chi connectivity index (χ0v) is 22.3. The number of benzene rings is 2. The van der Waals surface area contributed by atoms with Crippen LogP contribution in [0.25, 0.3) is 23.0 Å². The molecule has 0 atom stereocenters. The molecule has 39 heavy (non-hydrogen) atoms. The normalized spacial score (nSPS) is 14.9. The summed E-state index contributed by atoms with van der Waals surface area (Å²) in [6, 6.07) is 15.8. The number of methoxy groups -OCH3 is 1. The molecule has 2 amide bonds. The Balaban J connectivity index is 1.82. The molecule has 1 aromatic heterocycles. The molecule has 0 radical (unpaired) electrons. The van der Waals surface area contributed by atoms with Crippen molar-refractivity contribution in [2.45, 2.75) is 33.3 Å². The predicted molar refractivity (Wildman–Crippen MR) is 144 cm³/mol. The van der Waals surface area contributed by atoms with E-state index in [1.165, 1.54) is 19.2 Å². The van der Waals surface area contributed by atoms with Gasteiger partial charge in [-0.1, -0.05) is 18.2 Å². The van der Waals surface area contributed by atoms with Crippen LogP contribution in [0, 0.1) is 17.1 Å². The van der Waals surface area contributed by atoms with E-state index in [0.29, 0.717) is 29.8 Å². The van der Waals surface area contributed by atoms with Crippen LogP contribution in [0.2, 0.25) is 0 Å². The molecule has 3 aromatic rings. The monoisotopic (exact) mass is 528 g/mol. The Hall–Kier alpha value is -4.55. The van der Waals surface area contributed by atoms with Crippen LogP contribution < -0.4 is 4.74 Å². The van der Waals surface area contributed by atoms with E-state index in [9.17, 15) is 19.2 Å². The highest BCUT2D eigenvalue weighted by molar-refractivity contribution is 6.19. The van der Waals surface area contributed by atoms with E-state index in [-0.39, 0.29) is 35.1 Å². The lowest BCUT2D eigenvalue weighted by molar-refractivity contribution is -0.140. The van der Waals surface area contributed by atoms with Crippen LogP contribution in [0.3, 0.4) is 0 Å². The van der Waals surface area contributed by atoms with Crippen molar-refractivity contribution in [1.29, 1.82) is 5.26 Å². The average Bonchev–Trinajstić information content (AvgIpc) is 3.35. The maximum Gasteiger partial charge on any atom is 0.271 e. The number of hydrogen-bond donors (Lipinski definition) is 0. The van der Waals surface area contributed by atoms with Crippen LogP contribution in [0.4, 0.5) is 4.39 Å². The second-order valence-corrected chi connectivity index (χ2v) is 9.27.